The lowest BCUT2D eigenvalue weighted by Crippen LogP contribution is -2.33. The lowest BCUT2D eigenvalue weighted by Gasteiger charge is -2.11. The number of benzene rings is 2. The van der Waals surface area contributed by atoms with Crippen molar-refractivity contribution in [2.24, 2.45) is 0 Å². The highest BCUT2D eigenvalue weighted by Crippen LogP contribution is 2.30. The number of hydrogen-bond acceptors (Lipinski definition) is 2. The molecule has 4 aromatic rings. The van der Waals surface area contributed by atoms with Gasteiger partial charge in [-0.25, -0.2) is 9.97 Å². The zero-order chi connectivity index (χ0) is 18.1. The van der Waals surface area contributed by atoms with Crippen molar-refractivity contribution in [2.75, 3.05) is 0 Å². The minimum Gasteiger partial charge on any atom is -0.228 e. The van der Waals surface area contributed by atoms with Gasteiger partial charge in [-0.1, -0.05) is 42.5 Å². The molecule has 0 aliphatic heterocycles. The number of halogens is 1. The van der Waals surface area contributed by atoms with Gasteiger partial charge in [0.15, 0.2) is 18.2 Å². The zero-order valence-corrected chi connectivity index (χ0v) is 16.9. The molecule has 1 unspecified atom stereocenters. The van der Waals surface area contributed by atoms with Crippen molar-refractivity contribution in [3.63, 3.8) is 0 Å². The van der Waals surface area contributed by atoms with Crippen molar-refractivity contribution in [2.45, 2.75) is 17.9 Å². The van der Waals surface area contributed by atoms with E-state index in [1.807, 2.05) is 12.1 Å². The molecule has 128 valence electrons. The summed E-state index contributed by atoms with van der Waals surface area (Å²) in [5.41, 5.74) is 5.35. The van der Waals surface area contributed by atoms with Crippen molar-refractivity contribution < 1.29 is 4.57 Å². The molecule has 0 aliphatic rings. The average molecular weight is 452 g/mol. The van der Waals surface area contributed by atoms with Gasteiger partial charge < -0.3 is 0 Å². The van der Waals surface area contributed by atoms with Crippen LogP contribution in [-0.4, -0.2) is 9.97 Å². The summed E-state index contributed by atoms with van der Waals surface area (Å²) in [6.45, 7) is 4.28. The Morgan fingerprint density at radius 1 is 0.885 bits per heavy atom. The highest BCUT2D eigenvalue weighted by Gasteiger charge is 2.14. The number of hydrogen-bond donors (Lipinski definition) is 0. The monoisotopic (exact) mass is 452 g/mol. The molecule has 4 heteroatoms. The molecule has 2 aromatic heterocycles. The van der Waals surface area contributed by atoms with Crippen LogP contribution in [0.2, 0.25) is 0 Å². The van der Waals surface area contributed by atoms with Gasteiger partial charge >= 0.3 is 0 Å². The van der Waals surface area contributed by atoms with E-state index in [1.165, 1.54) is 5.56 Å². The van der Waals surface area contributed by atoms with Crippen LogP contribution in [0.1, 0.15) is 16.5 Å². The summed E-state index contributed by atoms with van der Waals surface area (Å²) in [7, 11) is 0. The van der Waals surface area contributed by atoms with Crippen LogP contribution in [0, 0.1) is 6.92 Å². The van der Waals surface area contributed by atoms with Crippen LogP contribution in [0.5, 0.6) is 0 Å². The standard InChI is InChI=1S/C22H19IN3/c1-15-7-3-4-8-18(15)21-19-9-5-6-10-20(19)24-22(25-21)17-11-13-26(14-12-17)16(2)23/h3-14,16H,1-2H3/q+1. The molecule has 26 heavy (non-hydrogen) atoms. The molecule has 0 saturated carbocycles. The van der Waals surface area contributed by atoms with Crippen LogP contribution in [0.15, 0.2) is 73.1 Å². The largest absolute Gasteiger partial charge is 0.228 e. The first-order chi connectivity index (χ1) is 12.6. The average Bonchev–Trinajstić information content (AvgIpc) is 2.68. The summed E-state index contributed by atoms with van der Waals surface area (Å²) < 4.78 is 2.56. The molecule has 4 rings (SSSR count). The first-order valence-electron chi connectivity index (χ1n) is 8.61. The summed E-state index contributed by atoms with van der Waals surface area (Å²) in [4.78, 5) is 9.77. The highest BCUT2D eigenvalue weighted by atomic mass is 127. The number of rotatable bonds is 3. The van der Waals surface area contributed by atoms with Crippen LogP contribution >= 0.6 is 22.6 Å². The second kappa shape index (κ2) is 7.11. The molecule has 0 saturated heterocycles. The van der Waals surface area contributed by atoms with Gasteiger partial charge in [0.1, 0.15) is 0 Å². The van der Waals surface area contributed by atoms with E-state index >= 15 is 0 Å². The summed E-state index contributed by atoms with van der Waals surface area (Å²) in [6, 6.07) is 20.8. The van der Waals surface area contributed by atoms with E-state index in [2.05, 4.69) is 102 Å². The van der Waals surface area contributed by atoms with Crippen molar-refractivity contribution in [3.05, 3.63) is 78.6 Å². The van der Waals surface area contributed by atoms with E-state index in [4.69, 9.17) is 9.97 Å². The molecule has 2 aromatic carbocycles. The number of alkyl halides is 1. The Balaban J connectivity index is 1.93. The smallest absolute Gasteiger partial charge is 0.204 e. The van der Waals surface area contributed by atoms with Gasteiger partial charge in [0.05, 0.1) is 11.2 Å². The number of aryl methyl sites for hydroxylation is 1. The third-order valence-corrected chi connectivity index (χ3v) is 5.17. The third kappa shape index (κ3) is 3.21. The molecule has 0 spiro atoms. The molecule has 0 aliphatic carbocycles. The molecule has 0 amide bonds. The fourth-order valence-corrected chi connectivity index (χ4v) is 3.45. The molecule has 0 radical (unpaired) electrons. The van der Waals surface area contributed by atoms with Gasteiger partial charge in [-0.15, -0.1) is 0 Å². The number of para-hydroxylation sites is 1. The van der Waals surface area contributed by atoms with E-state index in [9.17, 15) is 0 Å². The molecule has 3 nitrogen and oxygen atoms in total. The predicted molar refractivity (Wildman–Crippen MR) is 114 cm³/mol. The second-order valence-electron chi connectivity index (χ2n) is 6.34. The molecule has 0 N–H and O–H groups in total. The summed E-state index contributed by atoms with van der Waals surface area (Å²) in [6.07, 6.45) is 4.16. The number of nitrogens with zero attached hydrogens (tertiary/aromatic N) is 3. The minimum atomic E-state index is 0.404. The topological polar surface area (TPSA) is 29.7 Å². The molecular formula is C22H19IN3+. The normalized spacial score (nSPS) is 12.3. The van der Waals surface area contributed by atoms with Gasteiger partial charge in [0.2, 0.25) is 4.05 Å². The maximum Gasteiger partial charge on any atom is 0.204 e. The summed E-state index contributed by atoms with van der Waals surface area (Å²) in [5.74, 6) is 0.759. The molecule has 0 fully saturated rings. The number of aromatic nitrogens is 3. The Morgan fingerprint density at radius 2 is 1.58 bits per heavy atom. The van der Waals surface area contributed by atoms with Gasteiger partial charge in [-0.3, -0.25) is 0 Å². The van der Waals surface area contributed by atoms with Gasteiger partial charge in [-0.2, -0.15) is 4.57 Å². The van der Waals surface area contributed by atoms with E-state index in [1.54, 1.807) is 0 Å². The summed E-state index contributed by atoms with van der Waals surface area (Å²) >= 11 is 2.39. The van der Waals surface area contributed by atoms with Crippen molar-refractivity contribution in [3.8, 4) is 22.6 Å². The van der Waals surface area contributed by atoms with Crippen LogP contribution in [0.4, 0.5) is 0 Å². The number of pyridine rings is 1. The van der Waals surface area contributed by atoms with Gasteiger partial charge in [0.25, 0.3) is 0 Å². The number of fused-ring (bicyclic) bond motifs is 1. The van der Waals surface area contributed by atoms with Crippen molar-refractivity contribution >= 4 is 33.5 Å². The van der Waals surface area contributed by atoms with Crippen LogP contribution in [-0.2, 0) is 0 Å². The van der Waals surface area contributed by atoms with E-state index in [-0.39, 0.29) is 0 Å². The minimum absolute atomic E-state index is 0.404. The van der Waals surface area contributed by atoms with Gasteiger partial charge in [0, 0.05) is 35.6 Å². The SMILES string of the molecule is Cc1ccccc1-c1nc(-c2cc[n+](C(C)I)cc2)nc2ccccc12. The fraction of sp³-hybridized carbons (Fsp3) is 0.136. The lowest BCUT2D eigenvalue weighted by molar-refractivity contribution is -0.690. The van der Waals surface area contributed by atoms with E-state index < -0.39 is 0 Å². The summed E-state index contributed by atoms with van der Waals surface area (Å²) in [5, 5.41) is 1.08. The van der Waals surface area contributed by atoms with E-state index in [0.29, 0.717) is 4.05 Å². The Bertz CT molecular complexity index is 1070. The first-order valence-corrected chi connectivity index (χ1v) is 9.86. The van der Waals surface area contributed by atoms with Crippen molar-refractivity contribution in [1.29, 1.82) is 0 Å². The van der Waals surface area contributed by atoms with Gasteiger partial charge in [-0.05, 0) is 41.1 Å². The first kappa shape index (κ1) is 17.1. The van der Waals surface area contributed by atoms with E-state index in [0.717, 1.165) is 33.5 Å². The maximum atomic E-state index is 4.95. The van der Waals surface area contributed by atoms with Crippen LogP contribution in [0.25, 0.3) is 33.5 Å². The Morgan fingerprint density at radius 3 is 2.31 bits per heavy atom. The fourth-order valence-electron chi connectivity index (χ4n) is 3.07. The third-order valence-electron chi connectivity index (χ3n) is 4.52. The molecule has 2 heterocycles. The predicted octanol–water partition coefficient (Wildman–Crippen LogP) is 5.51. The zero-order valence-electron chi connectivity index (χ0n) is 14.7. The molecular weight excluding hydrogens is 433 g/mol. The lowest BCUT2D eigenvalue weighted by atomic mass is 10.0. The Hall–Kier alpha value is -2.34. The quantitative estimate of drug-likeness (QED) is 0.233. The maximum absolute atomic E-state index is 4.95. The molecule has 0 bridgehead atoms. The van der Waals surface area contributed by atoms with Crippen molar-refractivity contribution in [1.82, 2.24) is 9.97 Å². The molecule has 1 atom stereocenters. The Labute approximate surface area is 166 Å². The van der Waals surface area contributed by atoms with Crippen LogP contribution < -0.4 is 4.57 Å². The second-order valence-corrected chi connectivity index (χ2v) is 8.14. The highest BCUT2D eigenvalue weighted by molar-refractivity contribution is 14.1. The Kier molecular flexibility index (Phi) is 4.68. The van der Waals surface area contributed by atoms with Crippen LogP contribution in [0.3, 0.4) is 0 Å².